The molecule has 1 aliphatic rings. The Morgan fingerprint density at radius 1 is 1.15 bits per heavy atom. The Kier molecular flexibility index (Phi) is 12.7. The van der Waals surface area contributed by atoms with Crippen LogP contribution in [-0.2, 0) is 9.53 Å². The molecule has 0 spiro atoms. The van der Waals surface area contributed by atoms with E-state index in [0.717, 1.165) is 0 Å². The van der Waals surface area contributed by atoms with Gasteiger partial charge in [-0.3, -0.25) is 4.79 Å². The van der Waals surface area contributed by atoms with Gasteiger partial charge in [0, 0.05) is 17.6 Å². The Bertz CT molecular complexity index is 250. The van der Waals surface area contributed by atoms with E-state index in [-0.39, 0.29) is 44.0 Å². The molecule has 1 saturated heterocycles. The van der Waals surface area contributed by atoms with Crippen molar-refractivity contribution in [3.63, 3.8) is 0 Å². The third-order valence-electron chi connectivity index (χ3n) is 2.73. The van der Waals surface area contributed by atoms with Crippen LogP contribution in [0, 0.1) is 5.41 Å². The number of hydrogen-bond donors (Lipinski definition) is 0. The molecule has 1 unspecified atom stereocenters. The van der Waals surface area contributed by atoms with Crippen LogP contribution in [0.5, 0.6) is 0 Å². The molecule has 0 aromatic carbocycles. The van der Waals surface area contributed by atoms with Gasteiger partial charge in [-0.15, -0.1) is 19.8 Å². The molecule has 8 heteroatoms. The zero-order chi connectivity index (χ0) is 14.9. The van der Waals surface area contributed by atoms with Crippen molar-refractivity contribution in [3.8, 4) is 0 Å². The summed E-state index contributed by atoms with van der Waals surface area (Å²) in [5.74, 6) is -0.611. The molecule has 0 aliphatic carbocycles. The van der Waals surface area contributed by atoms with Crippen molar-refractivity contribution in [2.75, 3.05) is 46.1 Å². The van der Waals surface area contributed by atoms with Gasteiger partial charge in [0.25, 0.3) is 5.97 Å². The van der Waals surface area contributed by atoms with Crippen LogP contribution < -0.4 is 20.4 Å². The maximum absolute atomic E-state index is 10.8. The maximum Gasteiger partial charge on any atom is 0.292 e. The minimum atomic E-state index is -1.18. The first-order valence-electron chi connectivity index (χ1n) is 6.18. The summed E-state index contributed by atoms with van der Waals surface area (Å²) < 4.78 is 4.53. The SMILES string of the molecule is CC1(C)COC(=O)C1[O-].[Ge].[O-]CCN(CC[O-])CC[O-]. The fourth-order valence-corrected chi connectivity index (χ4v) is 1.45. The zero-order valence-electron chi connectivity index (χ0n) is 11.9. The second-order valence-electron chi connectivity index (χ2n) is 4.93. The van der Waals surface area contributed by atoms with Crippen molar-refractivity contribution in [1.29, 1.82) is 0 Å². The largest absolute Gasteiger partial charge is 0.854 e. The molecule has 4 radical (unpaired) electrons. The van der Waals surface area contributed by atoms with Gasteiger partial charge in [0.05, 0.1) is 6.61 Å². The van der Waals surface area contributed by atoms with Crippen LogP contribution in [0.3, 0.4) is 0 Å². The second-order valence-corrected chi connectivity index (χ2v) is 4.93. The molecule has 1 aliphatic heterocycles. The number of carbonyl (C=O) groups excluding carboxylic acids is 1. The molecule has 118 valence electrons. The van der Waals surface area contributed by atoms with E-state index in [1.54, 1.807) is 18.7 Å². The maximum atomic E-state index is 10.8. The van der Waals surface area contributed by atoms with Gasteiger partial charge in [0.2, 0.25) is 0 Å². The van der Waals surface area contributed by atoms with Crippen molar-refractivity contribution in [3.05, 3.63) is 0 Å². The molecule has 0 saturated carbocycles. The molecular formula is C12H21GeNO6-4. The fraction of sp³-hybridized carbons (Fsp3) is 0.917. The monoisotopic (exact) mass is 349 g/mol. The summed E-state index contributed by atoms with van der Waals surface area (Å²) in [4.78, 5) is 12.1. The van der Waals surface area contributed by atoms with Gasteiger partial charge < -0.3 is 30.1 Å². The molecule has 1 atom stereocenters. The average Bonchev–Trinajstić information content (AvgIpc) is 2.58. The predicted molar refractivity (Wildman–Crippen MR) is 65.3 cm³/mol. The van der Waals surface area contributed by atoms with Gasteiger partial charge in [-0.05, 0) is 31.2 Å². The van der Waals surface area contributed by atoms with Crippen LogP contribution in [0.1, 0.15) is 13.8 Å². The van der Waals surface area contributed by atoms with Gasteiger partial charge in [-0.1, -0.05) is 13.8 Å². The molecule has 1 rings (SSSR count). The summed E-state index contributed by atoms with van der Waals surface area (Å²) >= 11 is 0. The van der Waals surface area contributed by atoms with E-state index >= 15 is 0 Å². The van der Waals surface area contributed by atoms with Crippen molar-refractivity contribution in [2.45, 2.75) is 20.0 Å². The van der Waals surface area contributed by atoms with E-state index in [1.165, 1.54) is 0 Å². The normalized spacial score (nSPS) is 19.9. The molecule has 1 fully saturated rings. The smallest absolute Gasteiger partial charge is 0.292 e. The Morgan fingerprint density at radius 2 is 1.55 bits per heavy atom. The number of ether oxygens (including phenoxy) is 1. The van der Waals surface area contributed by atoms with E-state index in [9.17, 15) is 25.2 Å². The summed E-state index contributed by atoms with van der Waals surface area (Å²) in [5, 5.41) is 41.0. The first kappa shape index (κ1) is 22.1. The minimum Gasteiger partial charge on any atom is -0.854 e. The van der Waals surface area contributed by atoms with Crippen molar-refractivity contribution in [2.24, 2.45) is 5.41 Å². The van der Waals surface area contributed by atoms with Gasteiger partial charge in [-0.25, -0.2) is 0 Å². The van der Waals surface area contributed by atoms with Crippen molar-refractivity contribution in [1.82, 2.24) is 4.90 Å². The summed E-state index contributed by atoms with van der Waals surface area (Å²) in [7, 11) is 0. The molecule has 20 heavy (non-hydrogen) atoms. The van der Waals surface area contributed by atoms with Crippen LogP contribution in [0.15, 0.2) is 0 Å². The van der Waals surface area contributed by atoms with E-state index in [4.69, 9.17) is 0 Å². The fourth-order valence-electron chi connectivity index (χ4n) is 1.45. The van der Waals surface area contributed by atoms with Crippen molar-refractivity contribution >= 4 is 23.6 Å². The quantitative estimate of drug-likeness (QED) is 0.349. The molecule has 1 heterocycles. The summed E-state index contributed by atoms with van der Waals surface area (Å²) in [6, 6.07) is 0. The minimum absolute atomic E-state index is 0. The van der Waals surface area contributed by atoms with Crippen LogP contribution in [0.4, 0.5) is 0 Å². The van der Waals surface area contributed by atoms with Crippen LogP contribution in [-0.4, -0.2) is 80.6 Å². The number of nitrogens with zero attached hydrogens (tertiary/aromatic N) is 1. The average molecular weight is 348 g/mol. The van der Waals surface area contributed by atoms with Gasteiger partial charge in [0.15, 0.2) is 0 Å². The summed E-state index contributed by atoms with van der Waals surface area (Å²) in [6.45, 7) is 3.99. The zero-order valence-corrected chi connectivity index (χ0v) is 14.0. The Morgan fingerprint density at radius 3 is 1.70 bits per heavy atom. The molecule has 0 N–H and O–H groups in total. The van der Waals surface area contributed by atoms with E-state index in [1.807, 2.05) is 0 Å². The first-order chi connectivity index (χ1) is 8.88. The molecule has 7 nitrogen and oxygen atoms in total. The number of carbonyl (C=O) groups is 1. The molecule has 0 amide bonds. The summed E-state index contributed by atoms with van der Waals surface area (Å²) in [6.07, 6.45) is -1.18. The number of hydrogen-bond acceptors (Lipinski definition) is 7. The Balaban J connectivity index is 0. The number of esters is 1. The van der Waals surface area contributed by atoms with E-state index in [2.05, 4.69) is 4.74 Å². The molecule has 0 aromatic rings. The first-order valence-corrected chi connectivity index (χ1v) is 6.18. The summed E-state index contributed by atoms with van der Waals surface area (Å²) in [5.41, 5.74) is -0.503. The van der Waals surface area contributed by atoms with E-state index < -0.39 is 17.5 Å². The molecular weight excluding hydrogens is 327 g/mol. The third-order valence-corrected chi connectivity index (χ3v) is 2.73. The standard InChI is InChI=1S/C6H12NO3.C6H9O3.Ge/c8-4-1-7(2-5-9)3-6-10;1-6(2)3-9-5(8)4(6)7;/h1-6H2;4H,3H2,1-2H3;/q-3;-1;. The Labute approximate surface area is 130 Å². The van der Waals surface area contributed by atoms with Crippen LogP contribution in [0.25, 0.3) is 0 Å². The number of rotatable bonds is 6. The van der Waals surface area contributed by atoms with Crippen molar-refractivity contribution < 1.29 is 30.0 Å². The van der Waals surface area contributed by atoms with Gasteiger partial charge in [-0.2, -0.15) is 0 Å². The topological polar surface area (TPSA) is 122 Å². The number of cyclic esters (lactones) is 1. The Hall–Kier alpha value is -0.187. The van der Waals surface area contributed by atoms with Gasteiger partial charge >= 0.3 is 0 Å². The van der Waals surface area contributed by atoms with Crippen LogP contribution >= 0.6 is 0 Å². The second kappa shape index (κ2) is 11.5. The van der Waals surface area contributed by atoms with Gasteiger partial charge in [0.1, 0.15) is 0 Å². The third kappa shape index (κ3) is 8.18. The molecule has 0 bridgehead atoms. The van der Waals surface area contributed by atoms with E-state index in [0.29, 0.717) is 19.6 Å². The molecule has 0 aromatic heterocycles. The van der Waals surface area contributed by atoms with Crippen LogP contribution in [0.2, 0.25) is 0 Å². The predicted octanol–water partition coefficient (Wildman–Crippen LogP) is -4.71.